The monoisotopic (exact) mass is 310 g/mol. The Balaban J connectivity index is 1.90. The van der Waals surface area contributed by atoms with Gasteiger partial charge in [-0.2, -0.15) is 0 Å². The summed E-state index contributed by atoms with van der Waals surface area (Å²) in [5, 5.41) is 3.21. The van der Waals surface area contributed by atoms with Crippen molar-refractivity contribution in [3.05, 3.63) is 28.2 Å². The summed E-state index contributed by atoms with van der Waals surface area (Å²) in [4.78, 5) is 14.0. The minimum atomic E-state index is 0.197. The number of anilines is 1. The zero-order chi connectivity index (χ0) is 13.0. The van der Waals surface area contributed by atoms with Crippen molar-refractivity contribution in [2.75, 3.05) is 25.0 Å². The minimum absolute atomic E-state index is 0.197. The van der Waals surface area contributed by atoms with Crippen LogP contribution in [0, 0.1) is 6.92 Å². The Labute approximate surface area is 117 Å². The van der Waals surface area contributed by atoms with Gasteiger partial charge in [-0.3, -0.25) is 4.79 Å². The lowest BCUT2D eigenvalue weighted by atomic mass is 10.1. The zero-order valence-electron chi connectivity index (χ0n) is 10.7. The average Bonchev–Trinajstić information content (AvgIpc) is 2.40. The standard InChI is InChI=1S/C14H19BrN2O/c1-11-5-6-12(15)13(9-11)16-10-14(18)17-7-3-2-4-8-17/h5-6,9,16H,2-4,7-8,10H2,1H3. The summed E-state index contributed by atoms with van der Waals surface area (Å²) in [7, 11) is 0. The van der Waals surface area contributed by atoms with E-state index in [1.165, 1.54) is 12.0 Å². The van der Waals surface area contributed by atoms with Crippen molar-refractivity contribution in [1.29, 1.82) is 0 Å². The van der Waals surface area contributed by atoms with Crippen LogP contribution >= 0.6 is 15.9 Å². The smallest absolute Gasteiger partial charge is 0.241 e. The molecule has 1 aromatic rings. The lowest BCUT2D eigenvalue weighted by Crippen LogP contribution is -2.39. The molecule has 0 unspecified atom stereocenters. The number of amides is 1. The van der Waals surface area contributed by atoms with Crippen LogP contribution in [0.5, 0.6) is 0 Å². The number of nitrogens with zero attached hydrogens (tertiary/aromatic N) is 1. The predicted molar refractivity (Wildman–Crippen MR) is 77.8 cm³/mol. The number of carbonyl (C=O) groups is 1. The Morgan fingerprint density at radius 1 is 1.33 bits per heavy atom. The number of carbonyl (C=O) groups excluding carboxylic acids is 1. The second-order valence-electron chi connectivity index (χ2n) is 4.78. The second-order valence-corrected chi connectivity index (χ2v) is 5.63. The lowest BCUT2D eigenvalue weighted by molar-refractivity contribution is -0.130. The van der Waals surface area contributed by atoms with E-state index < -0.39 is 0 Å². The first-order valence-electron chi connectivity index (χ1n) is 6.44. The van der Waals surface area contributed by atoms with E-state index in [9.17, 15) is 4.79 Å². The van der Waals surface area contributed by atoms with Gasteiger partial charge in [0.15, 0.2) is 0 Å². The zero-order valence-corrected chi connectivity index (χ0v) is 12.3. The third-order valence-electron chi connectivity index (χ3n) is 3.26. The van der Waals surface area contributed by atoms with Gasteiger partial charge in [0.2, 0.25) is 5.91 Å². The molecule has 3 nitrogen and oxygen atoms in total. The topological polar surface area (TPSA) is 32.3 Å². The summed E-state index contributed by atoms with van der Waals surface area (Å²) in [5.74, 6) is 0.197. The first-order chi connectivity index (χ1) is 8.66. The Morgan fingerprint density at radius 3 is 2.78 bits per heavy atom. The van der Waals surface area contributed by atoms with Gasteiger partial charge in [0.1, 0.15) is 0 Å². The van der Waals surface area contributed by atoms with Gasteiger partial charge in [0, 0.05) is 23.2 Å². The number of piperidine rings is 1. The largest absolute Gasteiger partial charge is 0.375 e. The number of likely N-dealkylation sites (tertiary alicyclic amines) is 1. The molecule has 1 aliphatic rings. The van der Waals surface area contributed by atoms with Crippen LogP contribution in [0.3, 0.4) is 0 Å². The van der Waals surface area contributed by atoms with E-state index >= 15 is 0 Å². The number of hydrogen-bond donors (Lipinski definition) is 1. The van der Waals surface area contributed by atoms with Crippen LogP contribution in [0.2, 0.25) is 0 Å². The molecule has 1 N–H and O–H groups in total. The summed E-state index contributed by atoms with van der Waals surface area (Å²) in [6.45, 7) is 4.25. The van der Waals surface area contributed by atoms with Gasteiger partial charge < -0.3 is 10.2 Å². The molecule has 1 heterocycles. The maximum absolute atomic E-state index is 12.0. The third-order valence-corrected chi connectivity index (χ3v) is 3.95. The van der Waals surface area contributed by atoms with Gasteiger partial charge in [0.05, 0.1) is 6.54 Å². The highest BCUT2D eigenvalue weighted by atomic mass is 79.9. The molecule has 1 aliphatic heterocycles. The maximum atomic E-state index is 12.0. The van der Waals surface area contributed by atoms with Crippen molar-refractivity contribution in [2.24, 2.45) is 0 Å². The summed E-state index contributed by atoms with van der Waals surface area (Å²) in [6, 6.07) is 6.10. The first-order valence-corrected chi connectivity index (χ1v) is 7.24. The molecule has 0 bridgehead atoms. The van der Waals surface area contributed by atoms with E-state index in [2.05, 4.69) is 21.2 Å². The molecule has 0 radical (unpaired) electrons. The van der Waals surface area contributed by atoms with Crippen LogP contribution in [0.25, 0.3) is 0 Å². The van der Waals surface area contributed by atoms with E-state index in [4.69, 9.17) is 0 Å². The highest BCUT2D eigenvalue weighted by molar-refractivity contribution is 9.10. The summed E-state index contributed by atoms with van der Waals surface area (Å²) in [6.07, 6.45) is 3.53. The van der Waals surface area contributed by atoms with Crippen LogP contribution in [0.1, 0.15) is 24.8 Å². The molecule has 2 rings (SSSR count). The van der Waals surface area contributed by atoms with Crippen molar-refractivity contribution in [1.82, 2.24) is 4.90 Å². The number of hydrogen-bond acceptors (Lipinski definition) is 2. The Kier molecular flexibility index (Phi) is 4.64. The quantitative estimate of drug-likeness (QED) is 0.930. The second kappa shape index (κ2) is 6.23. The van der Waals surface area contributed by atoms with E-state index in [-0.39, 0.29) is 5.91 Å². The molecule has 4 heteroatoms. The molecule has 1 fully saturated rings. The fraction of sp³-hybridized carbons (Fsp3) is 0.500. The minimum Gasteiger partial charge on any atom is -0.375 e. The molecule has 18 heavy (non-hydrogen) atoms. The number of halogens is 1. The average molecular weight is 311 g/mol. The highest BCUT2D eigenvalue weighted by Gasteiger charge is 2.16. The Morgan fingerprint density at radius 2 is 2.06 bits per heavy atom. The van der Waals surface area contributed by atoms with E-state index in [1.54, 1.807) is 0 Å². The van der Waals surface area contributed by atoms with Crippen molar-refractivity contribution >= 4 is 27.5 Å². The first kappa shape index (κ1) is 13.4. The summed E-state index contributed by atoms with van der Waals surface area (Å²) < 4.78 is 1.000. The molecule has 1 aromatic carbocycles. The molecule has 0 aromatic heterocycles. The highest BCUT2D eigenvalue weighted by Crippen LogP contribution is 2.23. The SMILES string of the molecule is Cc1ccc(Br)c(NCC(=O)N2CCCCC2)c1. The molecular formula is C14H19BrN2O. The molecule has 0 aliphatic carbocycles. The van der Waals surface area contributed by atoms with Gasteiger partial charge >= 0.3 is 0 Å². The van der Waals surface area contributed by atoms with Crippen molar-refractivity contribution in [3.63, 3.8) is 0 Å². The number of aryl methyl sites for hydroxylation is 1. The number of benzene rings is 1. The van der Waals surface area contributed by atoms with Gasteiger partial charge in [-0.25, -0.2) is 0 Å². The van der Waals surface area contributed by atoms with Crippen molar-refractivity contribution < 1.29 is 4.79 Å². The van der Waals surface area contributed by atoms with Crippen LogP contribution in [0.4, 0.5) is 5.69 Å². The molecule has 1 saturated heterocycles. The fourth-order valence-electron chi connectivity index (χ4n) is 2.20. The van der Waals surface area contributed by atoms with Gasteiger partial charge in [-0.15, -0.1) is 0 Å². The Hall–Kier alpha value is -1.03. The van der Waals surface area contributed by atoms with Crippen LogP contribution in [-0.4, -0.2) is 30.4 Å². The van der Waals surface area contributed by atoms with Gasteiger partial charge in [-0.1, -0.05) is 6.07 Å². The maximum Gasteiger partial charge on any atom is 0.241 e. The van der Waals surface area contributed by atoms with Crippen molar-refractivity contribution in [3.8, 4) is 0 Å². The third kappa shape index (κ3) is 3.48. The molecular weight excluding hydrogens is 292 g/mol. The van der Waals surface area contributed by atoms with E-state index in [0.29, 0.717) is 6.54 Å². The number of nitrogens with one attached hydrogen (secondary N) is 1. The van der Waals surface area contributed by atoms with Crippen LogP contribution in [0.15, 0.2) is 22.7 Å². The molecule has 98 valence electrons. The molecule has 0 spiro atoms. The predicted octanol–water partition coefficient (Wildman–Crippen LogP) is 3.18. The number of rotatable bonds is 3. The van der Waals surface area contributed by atoms with Gasteiger partial charge in [0.25, 0.3) is 0 Å². The van der Waals surface area contributed by atoms with Gasteiger partial charge in [-0.05, 0) is 59.8 Å². The van der Waals surface area contributed by atoms with Crippen LogP contribution < -0.4 is 5.32 Å². The lowest BCUT2D eigenvalue weighted by Gasteiger charge is -2.27. The van der Waals surface area contributed by atoms with E-state index in [0.717, 1.165) is 36.1 Å². The van der Waals surface area contributed by atoms with Crippen molar-refractivity contribution in [2.45, 2.75) is 26.2 Å². The summed E-state index contributed by atoms with van der Waals surface area (Å²) in [5.41, 5.74) is 2.17. The summed E-state index contributed by atoms with van der Waals surface area (Å²) >= 11 is 3.49. The molecule has 1 amide bonds. The molecule has 0 atom stereocenters. The molecule has 0 saturated carbocycles. The Bertz CT molecular complexity index is 428. The van der Waals surface area contributed by atoms with E-state index in [1.807, 2.05) is 30.0 Å². The fourth-order valence-corrected chi connectivity index (χ4v) is 2.59. The van der Waals surface area contributed by atoms with Crippen LogP contribution in [-0.2, 0) is 4.79 Å². The normalized spacial score (nSPS) is 15.6.